The lowest BCUT2D eigenvalue weighted by Gasteiger charge is -2.08. The quantitative estimate of drug-likeness (QED) is 0.667. The monoisotopic (exact) mass is 308 g/mol. The van der Waals surface area contributed by atoms with Crippen LogP contribution in [0.5, 0.6) is 0 Å². The lowest BCUT2D eigenvalue weighted by molar-refractivity contribution is -0.133. The first-order valence-corrected chi connectivity index (χ1v) is 6.70. The zero-order valence-corrected chi connectivity index (χ0v) is 11.7. The van der Waals surface area contributed by atoms with Gasteiger partial charge in [0, 0.05) is 4.90 Å². The van der Waals surface area contributed by atoms with Crippen LogP contribution >= 0.6 is 35.0 Å². The van der Waals surface area contributed by atoms with Gasteiger partial charge in [-0.2, -0.15) is 0 Å². The Bertz CT molecular complexity index is 453. The third-order valence-corrected chi connectivity index (χ3v) is 3.79. The van der Waals surface area contributed by atoms with Crippen molar-refractivity contribution in [3.63, 3.8) is 0 Å². The van der Waals surface area contributed by atoms with Crippen LogP contribution in [-0.4, -0.2) is 29.4 Å². The van der Waals surface area contributed by atoms with E-state index in [-0.39, 0.29) is 28.0 Å². The van der Waals surface area contributed by atoms with Crippen molar-refractivity contribution in [3.8, 4) is 0 Å². The van der Waals surface area contributed by atoms with Crippen molar-refractivity contribution in [1.29, 1.82) is 0 Å². The summed E-state index contributed by atoms with van der Waals surface area (Å²) in [5.41, 5.74) is 0.242. The standard InChI is InChI=1S/C11H10Cl2O4S/c1-2-17-11(16)6-3-7(12)10(8(13)4-6)18-5-9(14)15/h3-4H,2,5H2,1H3,(H,14,15). The second-order valence-corrected chi connectivity index (χ2v) is 4.97. The number of halogens is 2. The molecule has 98 valence electrons. The van der Waals surface area contributed by atoms with E-state index in [1.54, 1.807) is 6.92 Å². The maximum absolute atomic E-state index is 11.5. The average Bonchev–Trinajstić information content (AvgIpc) is 2.27. The molecule has 0 unspecified atom stereocenters. The van der Waals surface area contributed by atoms with E-state index in [4.69, 9.17) is 33.0 Å². The van der Waals surface area contributed by atoms with Crippen molar-refractivity contribution in [1.82, 2.24) is 0 Å². The fourth-order valence-corrected chi connectivity index (χ4v) is 2.64. The molecule has 0 aliphatic carbocycles. The predicted octanol–water partition coefficient (Wildman–Crippen LogP) is 3.35. The van der Waals surface area contributed by atoms with Crippen molar-refractivity contribution in [2.24, 2.45) is 0 Å². The Kier molecular flexibility index (Phi) is 5.78. The second-order valence-electron chi connectivity index (χ2n) is 3.17. The van der Waals surface area contributed by atoms with Crippen molar-refractivity contribution in [2.45, 2.75) is 11.8 Å². The molecule has 4 nitrogen and oxygen atoms in total. The van der Waals surface area contributed by atoms with Crippen LogP contribution in [-0.2, 0) is 9.53 Å². The van der Waals surface area contributed by atoms with Gasteiger partial charge in [0.2, 0.25) is 0 Å². The molecule has 1 aromatic rings. The smallest absolute Gasteiger partial charge is 0.338 e. The third kappa shape index (κ3) is 4.08. The minimum atomic E-state index is -0.971. The van der Waals surface area contributed by atoms with Gasteiger partial charge in [0.25, 0.3) is 0 Å². The number of carboxylic acids is 1. The normalized spacial score (nSPS) is 10.2. The number of ether oxygens (including phenoxy) is 1. The summed E-state index contributed by atoms with van der Waals surface area (Å²) < 4.78 is 4.82. The lowest BCUT2D eigenvalue weighted by atomic mass is 10.2. The summed E-state index contributed by atoms with van der Waals surface area (Å²) in [6, 6.07) is 2.82. The Morgan fingerprint density at radius 2 is 1.89 bits per heavy atom. The van der Waals surface area contributed by atoms with E-state index in [1.807, 2.05) is 0 Å². The molecular formula is C11H10Cl2O4S. The Hall–Kier alpha value is -0.910. The van der Waals surface area contributed by atoms with Crippen LogP contribution in [0.1, 0.15) is 17.3 Å². The average molecular weight is 309 g/mol. The Labute approximate surface area is 118 Å². The number of hydrogen-bond acceptors (Lipinski definition) is 4. The molecule has 0 atom stereocenters. The molecule has 0 saturated carbocycles. The predicted molar refractivity (Wildman–Crippen MR) is 70.8 cm³/mol. The highest BCUT2D eigenvalue weighted by Crippen LogP contribution is 2.35. The summed E-state index contributed by atoms with van der Waals surface area (Å²) in [6.45, 7) is 1.95. The summed E-state index contributed by atoms with van der Waals surface area (Å²) >= 11 is 12.9. The van der Waals surface area contributed by atoms with Gasteiger partial charge in [-0.05, 0) is 19.1 Å². The Morgan fingerprint density at radius 1 is 1.33 bits per heavy atom. The largest absolute Gasteiger partial charge is 0.481 e. The maximum atomic E-state index is 11.5. The summed E-state index contributed by atoms with van der Waals surface area (Å²) in [5, 5.41) is 9.05. The summed E-state index contributed by atoms with van der Waals surface area (Å²) in [4.78, 5) is 22.4. The van der Waals surface area contributed by atoms with E-state index in [9.17, 15) is 9.59 Å². The van der Waals surface area contributed by atoms with Gasteiger partial charge in [0.05, 0.1) is 28.0 Å². The number of benzene rings is 1. The van der Waals surface area contributed by atoms with Crippen LogP contribution < -0.4 is 0 Å². The molecule has 0 radical (unpaired) electrons. The van der Waals surface area contributed by atoms with Gasteiger partial charge in [-0.15, -0.1) is 11.8 Å². The first-order chi connectivity index (χ1) is 8.45. The van der Waals surface area contributed by atoms with E-state index in [0.29, 0.717) is 4.90 Å². The van der Waals surface area contributed by atoms with Crippen LogP contribution in [0, 0.1) is 0 Å². The minimum absolute atomic E-state index is 0.155. The van der Waals surface area contributed by atoms with E-state index >= 15 is 0 Å². The maximum Gasteiger partial charge on any atom is 0.338 e. The molecule has 0 spiro atoms. The SMILES string of the molecule is CCOC(=O)c1cc(Cl)c(SCC(=O)O)c(Cl)c1. The van der Waals surface area contributed by atoms with Crippen LogP contribution in [0.3, 0.4) is 0 Å². The fraction of sp³-hybridized carbons (Fsp3) is 0.273. The van der Waals surface area contributed by atoms with Crippen molar-refractivity contribution in [3.05, 3.63) is 27.7 Å². The van der Waals surface area contributed by atoms with Gasteiger partial charge in [-0.3, -0.25) is 4.79 Å². The summed E-state index contributed by atoms with van der Waals surface area (Å²) in [5.74, 6) is -1.64. The van der Waals surface area contributed by atoms with E-state index in [2.05, 4.69) is 0 Å². The van der Waals surface area contributed by atoms with E-state index in [0.717, 1.165) is 11.8 Å². The summed E-state index contributed by atoms with van der Waals surface area (Å²) in [6.07, 6.45) is 0. The van der Waals surface area contributed by atoms with E-state index < -0.39 is 11.9 Å². The first kappa shape index (κ1) is 15.1. The molecule has 0 aliphatic heterocycles. The zero-order chi connectivity index (χ0) is 13.7. The number of carbonyl (C=O) groups excluding carboxylic acids is 1. The molecule has 1 aromatic carbocycles. The van der Waals surface area contributed by atoms with Gasteiger partial charge in [0.15, 0.2) is 0 Å². The molecule has 0 bridgehead atoms. The number of aliphatic carboxylic acids is 1. The zero-order valence-electron chi connectivity index (χ0n) is 9.41. The van der Waals surface area contributed by atoms with Crippen molar-refractivity contribution in [2.75, 3.05) is 12.4 Å². The number of rotatable bonds is 5. The molecule has 0 heterocycles. The number of carbonyl (C=O) groups is 2. The molecular weight excluding hydrogens is 299 g/mol. The fourth-order valence-electron chi connectivity index (χ4n) is 1.16. The molecule has 1 N–H and O–H groups in total. The van der Waals surface area contributed by atoms with Crippen LogP contribution in [0.15, 0.2) is 17.0 Å². The van der Waals surface area contributed by atoms with Crippen molar-refractivity contribution < 1.29 is 19.4 Å². The second kappa shape index (κ2) is 6.87. The highest BCUT2D eigenvalue weighted by molar-refractivity contribution is 8.00. The highest BCUT2D eigenvalue weighted by Gasteiger charge is 2.15. The molecule has 7 heteroatoms. The number of thioether (sulfide) groups is 1. The number of carboxylic acid groups (broad SMARTS) is 1. The van der Waals surface area contributed by atoms with Gasteiger partial charge >= 0.3 is 11.9 Å². The van der Waals surface area contributed by atoms with Gasteiger partial charge < -0.3 is 9.84 Å². The summed E-state index contributed by atoms with van der Waals surface area (Å²) in [7, 11) is 0. The molecule has 18 heavy (non-hydrogen) atoms. The van der Waals surface area contributed by atoms with Crippen LogP contribution in [0.2, 0.25) is 10.0 Å². The topological polar surface area (TPSA) is 63.6 Å². The highest BCUT2D eigenvalue weighted by atomic mass is 35.5. The molecule has 0 aliphatic rings. The molecule has 1 rings (SSSR count). The molecule has 0 aromatic heterocycles. The molecule has 0 saturated heterocycles. The van der Waals surface area contributed by atoms with Gasteiger partial charge in [-0.1, -0.05) is 23.2 Å². The molecule has 0 amide bonds. The van der Waals surface area contributed by atoms with Crippen LogP contribution in [0.4, 0.5) is 0 Å². The van der Waals surface area contributed by atoms with Gasteiger partial charge in [-0.25, -0.2) is 4.79 Å². The molecule has 0 fully saturated rings. The lowest BCUT2D eigenvalue weighted by Crippen LogP contribution is -2.05. The van der Waals surface area contributed by atoms with Crippen LogP contribution in [0.25, 0.3) is 0 Å². The van der Waals surface area contributed by atoms with Gasteiger partial charge in [0.1, 0.15) is 0 Å². The van der Waals surface area contributed by atoms with Crippen molar-refractivity contribution >= 4 is 46.9 Å². The Balaban J connectivity index is 2.97. The third-order valence-electron chi connectivity index (χ3n) is 1.85. The Morgan fingerprint density at radius 3 is 2.33 bits per heavy atom. The number of esters is 1. The first-order valence-electron chi connectivity index (χ1n) is 4.96. The number of hydrogen-bond donors (Lipinski definition) is 1. The minimum Gasteiger partial charge on any atom is -0.481 e. The van der Waals surface area contributed by atoms with E-state index in [1.165, 1.54) is 12.1 Å².